The molecule has 1 amide bonds. The average molecular weight is 224 g/mol. The lowest BCUT2D eigenvalue weighted by molar-refractivity contribution is 0.0295. The number of ether oxygens (including phenoxy) is 1. The van der Waals surface area contributed by atoms with Crippen molar-refractivity contribution in [3.63, 3.8) is 0 Å². The van der Waals surface area contributed by atoms with Gasteiger partial charge in [0.15, 0.2) is 0 Å². The molecule has 1 aliphatic rings. The Morgan fingerprint density at radius 2 is 2.25 bits per heavy atom. The molecular formula is C10H16N4O2. The second kappa shape index (κ2) is 4.52. The van der Waals surface area contributed by atoms with Crippen LogP contribution in [-0.2, 0) is 11.3 Å². The van der Waals surface area contributed by atoms with Crippen LogP contribution in [0.15, 0.2) is 6.20 Å². The van der Waals surface area contributed by atoms with Gasteiger partial charge in [0, 0.05) is 19.6 Å². The summed E-state index contributed by atoms with van der Waals surface area (Å²) in [4.78, 5) is 13.9. The minimum Gasteiger partial charge on any atom is -0.396 e. The Hall–Kier alpha value is -1.56. The number of nitrogens with zero attached hydrogens (tertiary/aromatic N) is 3. The van der Waals surface area contributed by atoms with Gasteiger partial charge < -0.3 is 15.4 Å². The number of carbonyl (C=O) groups excluding carboxylic acids is 1. The van der Waals surface area contributed by atoms with Crippen LogP contribution in [0.25, 0.3) is 0 Å². The standard InChI is InChI=1S/C10H16N4O2/c1-2-14-9(8(11)7-12-14)10(15)13-3-5-16-6-4-13/h7H,2-6,11H2,1H3. The number of aryl methyl sites for hydroxylation is 1. The van der Waals surface area contributed by atoms with E-state index >= 15 is 0 Å². The first-order chi connectivity index (χ1) is 7.74. The summed E-state index contributed by atoms with van der Waals surface area (Å²) in [7, 11) is 0. The minimum atomic E-state index is -0.0554. The molecule has 0 atom stereocenters. The second-order valence-electron chi connectivity index (χ2n) is 3.67. The van der Waals surface area contributed by atoms with Crippen molar-refractivity contribution >= 4 is 11.6 Å². The zero-order valence-corrected chi connectivity index (χ0v) is 9.35. The molecule has 1 aliphatic heterocycles. The molecule has 0 aliphatic carbocycles. The Morgan fingerprint density at radius 1 is 1.56 bits per heavy atom. The van der Waals surface area contributed by atoms with Gasteiger partial charge in [-0.25, -0.2) is 0 Å². The van der Waals surface area contributed by atoms with Gasteiger partial charge in [-0.15, -0.1) is 0 Å². The van der Waals surface area contributed by atoms with Crippen molar-refractivity contribution in [1.82, 2.24) is 14.7 Å². The molecule has 0 unspecified atom stereocenters. The SMILES string of the molecule is CCn1ncc(N)c1C(=O)N1CCOCC1. The van der Waals surface area contributed by atoms with E-state index in [1.807, 2.05) is 6.92 Å². The van der Waals surface area contributed by atoms with Gasteiger partial charge in [-0.2, -0.15) is 5.10 Å². The molecule has 1 aromatic heterocycles. The van der Waals surface area contributed by atoms with Gasteiger partial charge in [-0.1, -0.05) is 0 Å². The topological polar surface area (TPSA) is 73.4 Å². The number of aromatic nitrogens is 2. The summed E-state index contributed by atoms with van der Waals surface area (Å²) < 4.78 is 6.84. The molecule has 6 nitrogen and oxygen atoms in total. The molecule has 0 bridgehead atoms. The molecule has 6 heteroatoms. The highest BCUT2D eigenvalue weighted by Gasteiger charge is 2.23. The first-order valence-corrected chi connectivity index (χ1v) is 5.42. The number of rotatable bonds is 2. The summed E-state index contributed by atoms with van der Waals surface area (Å²) in [6, 6.07) is 0. The number of hydrogen-bond acceptors (Lipinski definition) is 4. The fourth-order valence-corrected chi connectivity index (χ4v) is 1.79. The van der Waals surface area contributed by atoms with Gasteiger partial charge in [0.05, 0.1) is 25.1 Å². The summed E-state index contributed by atoms with van der Waals surface area (Å²) in [6.45, 7) is 4.99. The van der Waals surface area contributed by atoms with Gasteiger partial charge in [-0.05, 0) is 6.92 Å². The summed E-state index contributed by atoms with van der Waals surface area (Å²) in [5.41, 5.74) is 6.70. The summed E-state index contributed by atoms with van der Waals surface area (Å²) in [5.74, 6) is -0.0554. The van der Waals surface area contributed by atoms with Crippen LogP contribution >= 0.6 is 0 Å². The number of carbonyl (C=O) groups is 1. The molecule has 2 N–H and O–H groups in total. The Morgan fingerprint density at radius 3 is 2.88 bits per heavy atom. The highest BCUT2D eigenvalue weighted by Crippen LogP contribution is 2.14. The molecule has 1 saturated heterocycles. The monoisotopic (exact) mass is 224 g/mol. The van der Waals surface area contributed by atoms with E-state index in [9.17, 15) is 4.79 Å². The van der Waals surface area contributed by atoms with Crippen LogP contribution in [0.4, 0.5) is 5.69 Å². The van der Waals surface area contributed by atoms with Crippen LogP contribution in [0.2, 0.25) is 0 Å². The number of hydrogen-bond donors (Lipinski definition) is 1. The molecule has 0 radical (unpaired) electrons. The van der Waals surface area contributed by atoms with Gasteiger partial charge in [0.1, 0.15) is 5.69 Å². The van der Waals surface area contributed by atoms with Crippen LogP contribution in [0, 0.1) is 0 Å². The Kier molecular flexibility index (Phi) is 3.09. The van der Waals surface area contributed by atoms with Crippen LogP contribution in [-0.4, -0.2) is 46.9 Å². The highest BCUT2D eigenvalue weighted by molar-refractivity contribution is 5.97. The van der Waals surface area contributed by atoms with Crippen molar-refractivity contribution in [2.75, 3.05) is 32.0 Å². The van der Waals surface area contributed by atoms with Crippen LogP contribution < -0.4 is 5.73 Å². The zero-order valence-electron chi connectivity index (χ0n) is 9.35. The van der Waals surface area contributed by atoms with Crippen molar-refractivity contribution < 1.29 is 9.53 Å². The number of morpholine rings is 1. The third-order valence-electron chi connectivity index (χ3n) is 2.67. The number of anilines is 1. The van der Waals surface area contributed by atoms with E-state index in [1.165, 1.54) is 6.20 Å². The van der Waals surface area contributed by atoms with Crippen molar-refractivity contribution in [2.45, 2.75) is 13.5 Å². The molecule has 16 heavy (non-hydrogen) atoms. The molecule has 1 aromatic rings. The number of nitrogens with two attached hydrogens (primary N) is 1. The second-order valence-corrected chi connectivity index (χ2v) is 3.67. The maximum absolute atomic E-state index is 12.2. The number of nitrogen functional groups attached to an aromatic ring is 1. The Bertz CT molecular complexity index is 382. The first kappa shape index (κ1) is 10.9. The fourth-order valence-electron chi connectivity index (χ4n) is 1.79. The molecule has 1 fully saturated rings. The van der Waals surface area contributed by atoms with Gasteiger partial charge in [0.25, 0.3) is 5.91 Å². The molecule has 0 aromatic carbocycles. The molecule has 88 valence electrons. The van der Waals surface area contributed by atoms with Gasteiger partial charge in [-0.3, -0.25) is 9.48 Å². The summed E-state index contributed by atoms with van der Waals surface area (Å²) in [6.07, 6.45) is 1.52. The largest absolute Gasteiger partial charge is 0.396 e. The number of amides is 1. The Balaban J connectivity index is 2.21. The maximum Gasteiger partial charge on any atom is 0.274 e. The Labute approximate surface area is 94.0 Å². The predicted octanol–water partition coefficient (Wildman–Crippen LogP) is -0.0424. The lowest BCUT2D eigenvalue weighted by Crippen LogP contribution is -2.41. The van der Waals surface area contributed by atoms with E-state index in [0.717, 1.165) is 0 Å². The van der Waals surface area contributed by atoms with Gasteiger partial charge in [0.2, 0.25) is 0 Å². The highest BCUT2D eigenvalue weighted by atomic mass is 16.5. The molecule has 2 heterocycles. The lowest BCUT2D eigenvalue weighted by Gasteiger charge is -2.27. The lowest BCUT2D eigenvalue weighted by atomic mass is 10.3. The molecule has 0 spiro atoms. The quantitative estimate of drug-likeness (QED) is 0.765. The molecular weight excluding hydrogens is 208 g/mol. The third-order valence-corrected chi connectivity index (χ3v) is 2.67. The average Bonchev–Trinajstić information content (AvgIpc) is 2.70. The van der Waals surface area contributed by atoms with Crippen LogP contribution in [0.1, 0.15) is 17.4 Å². The van der Waals surface area contributed by atoms with E-state index in [-0.39, 0.29) is 5.91 Å². The first-order valence-electron chi connectivity index (χ1n) is 5.42. The van der Waals surface area contributed by atoms with Crippen LogP contribution in [0.5, 0.6) is 0 Å². The normalized spacial score (nSPS) is 16.4. The van der Waals surface area contributed by atoms with Crippen molar-refractivity contribution in [3.8, 4) is 0 Å². The van der Waals surface area contributed by atoms with E-state index in [4.69, 9.17) is 10.5 Å². The summed E-state index contributed by atoms with van der Waals surface area (Å²) in [5, 5.41) is 4.06. The molecule has 2 rings (SSSR count). The zero-order chi connectivity index (χ0) is 11.5. The third kappa shape index (κ3) is 1.88. The molecule has 0 saturated carbocycles. The predicted molar refractivity (Wildman–Crippen MR) is 59.0 cm³/mol. The van der Waals surface area contributed by atoms with E-state index in [2.05, 4.69) is 5.10 Å². The fraction of sp³-hybridized carbons (Fsp3) is 0.600. The smallest absolute Gasteiger partial charge is 0.274 e. The van der Waals surface area contributed by atoms with Crippen LogP contribution in [0.3, 0.4) is 0 Å². The van der Waals surface area contributed by atoms with Gasteiger partial charge >= 0.3 is 0 Å². The van der Waals surface area contributed by atoms with Crippen molar-refractivity contribution in [3.05, 3.63) is 11.9 Å². The van der Waals surface area contributed by atoms with E-state index < -0.39 is 0 Å². The van der Waals surface area contributed by atoms with Crippen molar-refractivity contribution in [1.29, 1.82) is 0 Å². The summed E-state index contributed by atoms with van der Waals surface area (Å²) >= 11 is 0. The van der Waals surface area contributed by atoms with E-state index in [0.29, 0.717) is 44.2 Å². The van der Waals surface area contributed by atoms with Crippen molar-refractivity contribution in [2.24, 2.45) is 0 Å². The minimum absolute atomic E-state index is 0.0554. The maximum atomic E-state index is 12.2. The van der Waals surface area contributed by atoms with E-state index in [1.54, 1.807) is 9.58 Å².